The zero-order chi connectivity index (χ0) is 13.4. The highest BCUT2D eigenvalue weighted by Crippen LogP contribution is 2.17. The second kappa shape index (κ2) is 3.82. The van der Waals surface area contributed by atoms with Crippen LogP contribution in [0.4, 0.5) is 0 Å². The Bertz CT molecular complexity index is 911. The van der Waals surface area contributed by atoms with Gasteiger partial charge in [-0.25, -0.2) is 19.9 Å². The largest absolute Gasteiger partial charge is 0.342 e. The molecule has 2 aliphatic rings. The molecular formula is C11H4N8. The summed E-state index contributed by atoms with van der Waals surface area (Å²) in [6, 6.07) is 3.77. The highest BCUT2D eigenvalue weighted by atomic mass is 15.0. The van der Waals surface area contributed by atoms with Crippen molar-refractivity contribution in [3.63, 3.8) is 0 Å². The van der Waals surface area contributed by atoms with Crippen LogP contribution < -0.4 is 5.36 Å². The summed E-state index contributed by atoms with van der Waals surface area (Å²) < 4.78 is 0. The summed E-state index contributed by atoms with van der Waals surface area (Å²) in [7, 11) is 0. The second-order valence-corrected chi connectivity index (χ2v) is 3.61. The van der Waals surface area contributed by atoms with E-state index in [9.17, 15) is 5.26 Å². The molecule has 88 valence electrons. The Morgan fingerprint density at radius 1 is 1.11 bits per heavy atom. The molecule has 8 heteroatoms. The number of hydrogen-bond acceptors (Lipinski definition) is 7. The summed E-state index contributed by atoms with van der Waals surface area (Å²) in [6.07, 6.45) is 2.62. The van der Waals surface area contributed by atoms with Crippen LogP contribution in [0.15, 0.2) is 12.7 Å². The van der Waals surface area contributed by atoms with E-state index in [0.717, 1.165) is 0 Å². The number of nitrogens with zero attached hydrogens (tertiary/aromatic N) is 6. The van der Waals surface area contributed by atoms with E-state index in [1.165, 1.54) is 12.7 Å². The minimum Gasteiger partial charge on any atom is -0.342 e. The highest BCUT2D eigenvalue weighted by molar-refractivity contribution is 5.79. The van der Waals surface area contributed by atoms with Crippen LogP contribution in [-0.2, 0) is 0 Å². The van der Waals surface area contributed by atoms with Gasteiger partial charge in [0.2, 0.25) is 0 Å². The lowest BCUT2D eigenvalue weighted by Crippen LogP contribution is -2.11. The molecule has 2 aliphatic heterocycles. The van der Waals surface area contributed by atoms with E-state index in [0.29, 0.717) is 5.52 Å². The van der Waals surface area contributed by atoms with E-state index in [4.69, 9.17) is 10.7 Å². The third-order valence-corrected chi connectivity index (χ3v) is 2.62. The fourth-order valence-corrected chi connectivity index (χ4v) is 1.76. The molecule has 1 aromatic rings. The second-order valence-electron chi connectivity index (χ2n) is 3.61. The van der Waals surface area contributed by atoms with Crippen LogP contribution in [0, 0.1) is 28.1 Å². The molecule has 0 aromatic carbocycles. The fraction of sp³-hybridized carbons (Fsp3) is 0. The molecule has 1 aromatic heterocycles. The number of fused-ring (bicyclic) bond motifs is 2. The van der Waals surface area contributed by atoms with Crippen LogP contribution in [0.1, 0.15) is 11.1 Å². The van der Waals surface area contributed by atoms with Gasteiger partial charge in [-0.2, -0.15) is 10.5 Å². The Kier molecular flexibility index (Phi) is 2.16. The van der Waals surface area contributed by atoms with Gasteiger partial charge in [-0.15, -0.1) is 0 Å². The van der Waals surface area contributed by atoms with Crippen molar-refractivity contribution in [2.75, 3.05) is 0 Å². The first-order valence-electron chi connectivity index (χ1n) is 5.13. The van der Waals surface area contributed by atoms with Crippen molar-refractivity contribution in [3.8, 4) is 23.7 Å². The van der Waals surface area contributed by atoms with Crippen LogP contribution in [-0.4, -0.2) is 24.9 Å². The van der Waals surface area contributed by atoms with E-state index in [2.05, 4.69) is 24.9 Å². The van der Waals surface area contributed by atoms with Gasteiger partial charge in [-0.05, 0) is 0 Å². The SMILES string of the molecule is N#Cc1c2ncnc-2nc2nc[nH]c2c(C#N)c1=N. The molecule has 0 spiro atoms. The highest BCUT2D eigenvalue weighted by Gasteiger charge is 2.17. The van der Waals surface area contributed by atoms with Gasteiger partial charge in [-0.3, -0.25) is 5.41 Å². The zero-order valence-electron chi connectivity index (χ0n) is 9.34. The van der Waals surface area contributed by atoms with Crippen LogP contribution in [0.5, 0.6) is 0 Å². The Morgan fingerprint density at radius 3 is 2.63 bits per heavy atom. The minimum absolute atomic E-state index is 0.00134. The van der Waals surface area contributed by atoms with Crippen molar-refractivity contribution in [1.82, 2.24) is 24.9 Å². The monoisotopic (exact) mass is 248 g/mol. The van der Waals surface area contributed by atoms with Gasteiger partial charge in [-0.1, -0.05) is 0 Å². The number of aromatic nitrogens is 5. The average molecular weight is 248 g/mol. The van der Waals surface area contributed by atoms with E-state index in [1.807, 2.05) is 12.1 Å². The molecule has 8 nitrogen and oxygen atoms in total. The molecule has 19 heavy (non-hydrogen) atoms. The molecule has 0 unspecified atom stereocenters. The van der Waals surface area contributed by atoms with Crippen molar-refractivity contribution in [2.24, 2.45) is 0 Å². The van der Waals surface area contributed by atoms with Gasteiger partial charge in [0.05, 0.1) is 11.7 Å². The topological polar surface area (TPSA) is 139 Å². The van der Waals surface area contributed by atoms with Gasteiger partial charge in [0.15, 0.2) is 11.5 Å². The van der Waals surface area contributed by atoms with Gasteiger partial charge in [0, 0.05) is 0 Å². The molecule has 0 bridgehead atoms. The number of aromatic amines is 1. The molecule has 2 N–H and O–H groups in total. The van der Waals surface area contributed by atoms with Crippen LogP contribution in [0.2, 0.25) is 0 Å². The normalized spacial score (nSPS) is 10.2. The lowest BCUT2D eigenvalue weighted by Gasteiger charge is -1.97. The third kappa shape index (κ3) is 1.41. The van der Waals surface area contributed by atoms with Crippen molar-refractivity contribution in [1.29, 1.82) is 15.9 Å². The van der Waals surface area contributed by atoms with Gasteiger partial charge in [0.25, 0.3) is 0 Å². The van der Waals surface area contributed by atoms with E-state index in [1.54, 1.807) is 0 Å². The first-order chi connectivity index (χ1) is 9.26. The number of hydrogen-bond donors (Lipinski definition) is 2. The molecule has 0 amide bonds. The maximum absolute atomic E-state index is 9.18. The summed E-state index contributed by atoms with van der Waals surface area (Å²) in [5.41, 5.74) is 0.706. The van der Waals surface area contributed by atoms with E-state index in [-0.39, 0.29) is 33.6 Å². The Balaban J connectivity index is 2.70. The average Bonchev–Trinajstić information content (AvgIpc) is 3.02. The number of rotatable bonds is 0. The van der Waals surface area contributed by atoms with Gasteiger partial charge < -0.3 is 4.98 Å². The van der Waals surface area contributed by atoms with Gasteiger partial charge >= 0.3 is 0 Å². The van der Waals surface area contributed by atoms with E-state index >= 15 is 0 Å². The first kappa shape index (κ1) is 10.7. The summed E-state index contributed by atoms with van der Waals surface area (Å²) in [5.74, 6) is 0.214. The van der Waals surface area contributed by atoms with Crippen molar-refractivity contribution in [2.45, 2.75) is 0 Å². The van der Waals surface area contributed by atoms with Crippen LogP contribution in [0.3, 0.4) is 0 Å². The predicted molar refractivity (Wildman–Crippen MR) is 61.4 cm³/mol. The Labute approximate surface area is 105 Å². The fourth-order valence-electron chi connectivity index (χ4n) is 1.76. The molecule has 3 heterocycles. The summed E-state index contributed by atoms with van der Waals surface area (Å²) in [6.45, 7) is 0. The molecule has 0 radical (unpaired) electrons. The number of imidazole rings is 2. The summed E-state index contributed by atoms with van der Waals surface area (Å²) in [4.78, 5) is 18.7. The minimum atomic E-state index is -0.216. The predicted octanol–water partition coefficient (Wildman–Crippen LogP) is 0.0755. The van der Waals surface area contributed by atoms with Crippen molar-refractivity contribution >= 4 is 11.2 Å². The van der Waals surface area contributed by atoms with E-state index < -0.39 is 0 Å². The molecule has 0 saturated heterocycles. The molecule has 0 atom stereocenters. The lowest BCUT2D eigenvalue weighted by molar-refractivity contribution is 1.20. The quantitative estimate of drug-likeness (QED) is 0.577. The number of nitrogens with one attached hydrogen (secondary N) is 2. The Hall–Kier alpha value is -3.39. The van der Waals surface area contributed by atoms with Gasteiger partial charge in [0.1, 0.15) is 40.8 Å². The zero-order valence-corrected chi connectivity index (χ0v) is 9.34. The summed E-state index contributed by atoms with van der Waals surface area (Å²) in [5, 5.41) is 26.1. The maximum Gasteiger partial charge on any atom is 0.183 e. The third-order valence-electron chi connectivity index (χ3n) is 2.62. The maximum atomic E-state index is 9.18. The molecular weight excluding hydrogens is 244 g/mol. The summed E-state index contributed by atoms with van der Waals surface area (Å²) >= 11 is 0. The lowest BCUT2D eigenvalue weighted by atomic mass is 10.1. The standard InChI is InChI=1S/C11H4N8/c12-1-5-7(14)6(2-13)9-11(18-4-16-9)19-10-8(5)15-3-17-10/h3-4,14H,(H,15,16,17,18,19). The number of nitriles is 2. The number of H-pyrrole nitrogens is 1. The molecule has 0 fully saturated rings. The van der Waals surface area contributed by atoms with Crippen LogP contribution >= 0.6 is 0 Å². The first-order valence-corrected chi connectivity index (χ1v) is 5.13. The molecule has 0 aliphatic carbocycles. The Morgan fingerprint density at radius 2 is 1.89 bits per heavy atom. The van der Waals surface area contributed by atoms with Crippen LogP contribution in [0.25, 0.3) is 22.7 Å². The smallest absolute Gasteiger partial charge is 0.183 e. The van der Waals surface area contributed by atoms with Crippen molar-refractivity contribution < 1.29 is 0 Å². The molecule has 0 saturated carbocycles. The van der Waals surface area contributed by atoms with Crippen molar-refractivity contribution in [3.05, 3.63) is 29.1 Å². The molecule has 3 rings (SSSR count).